The number of hydrogen-bond donors (Lipinski definition) is 1. The molecule has 0 heterocycles. The Labute approximate surface area is 83.3 Å². The SMILES string of the molecule is COC(=O)[C@H]1CC[C@H](C(O)CF)CC1. The molecule has 1 N–H and O–H groups in total. The lowest BCUT2D eigenvalue weighted by Crippen LogP contribution is -2.30. The number of alkyl halides is 1. The molecule has 1 aliphatic rings. The van der Waals surface area contributed by atoms with Crippen molar-refractivity contribution < 1.29 is 19.0 Å². The minimum absolute atomic E-state index is 0.0147. The van der Waals surface area contributed by atoms with Gasteiger partial charge in [0.1, 0.15) is 6.67 Å². The van der Waals surface area contributed by atoms with Crippen LogP contribution in [0, 0.1) is 11.8 Å². The van der Waals surface area contributed by atoms with E-state index in [1.807, 2.05) is 0 Å². The first-order valence-electron chi connectivity index (χ1n) is 5.01. The number of halogens is 1. The fourth-order valence-corrected chi connectivity index (χ4v) is 2.03. The molecule has 1 atom stereocenters. The molecule has 0 amide bonds. The molecule has 82 valence electrons. The van der Waals surface area contributed by atoms with Crippen LogP contribution in [0.3, 0.4) is 0 Å². The van der Waals surface area contributed by atoms with Crippen LogP contribution in [0.5, 0.6) is 0 Å². The van der Waals surface area contributed by atoms with Gasteiger partial charge in [-0.05, 0) is 31.6 Å². The summed E-state index contributed by atoms with van der Waals surface area (Å²) in [7, 11) is 1.38. The third kappa shape index (κ3) is 2.67. The lowest BCUT2D eigenvalue weighted by atomic mass is 9.79. The van der Waals surface area contributed by atoms with Crippen LogP contribution in [-0.2, 0) is 9.53 Å². The number of aliphatic hydroxyl groups excluding tert-OH is 1. The van der Waals surface area contributed by atoms with Crippen molar-refractivity contribution in [1.82, 2.24) is 0 Å². The van der Waals surface area contributed by atoms with Gasteiger partial charge in [0, 0.05) is 0 Å². The molecular formula is C10H17FO3. The number of hydrogen-bond acceptors (Lipinski definition) is 3. The predicted octanol–water partition coefficient (Wildman–Crippen LogP) is 1.30. The summed E-state index contributed by atoms with van der Waals surface area (Å²) < 4.78 is 16.8. The molecule has 3 nitrogen and oxygen atoms in total. The van der Waals surface area contributed by atoms with Gasteiger partial charge in [0.05, 0.1) is 19.1 Å². The maximum absolute atomic E-state index is 12.2. The molecule has 0 spiro atoms. The van der Waals surface area contributed by atoms with Crippen LogP contribution < -0.4 is 0 Å². The molecule has 0 saturated heterocycles. The predicted molar refractivity (Wildman–Crippen MR) is 49.4 cm³/mol. The normalized spacial score (nSPS) is 29.6. The number of aliphatic hydroxyl groups is 1. The van der Waals surface area contributed by atoms with Crippen LogP contribution in [0.2, 0.25) is 0 Å². The third-order valence-corrected chi connectivity index (χ3v) is 3.01. The number of rotatable bonds is 3. The van der Waals surface area contributed by atoms with E-state index in [-0.39, 0.29) is 17.8 Å². The quantitative estimate of drug-likeness (QED) is 0.705. The average Bonchev–Trinajstić information content (AvgIpc) is 2.27. The fourth-order valence-electron chi connectivity index (χ4n) is 2.03. The standard InChI is InChI=1S/C10H17FO3/c1-14-10(13)8-4-2-7(3-5-8)9(12)6-11/h7-9,12H,2-6H2,1H3/t7-,8-,9?. The molecule has 0 radical (unpaired) electrons. The molecule has 0 bridgehead atoms. The van der Waals surface area contributed by atoms with Gasteiger partial charge in [-0.3, -0.25) is 4.79 Å². The highest BCUT2D eigenvalue weighted by Crippen LogP contribution is 2.31. The first-order chi connectivity index (χ1) is 6.69. The fraction of sp³-hybridized carbons (Fsp3) is 0.900. The van der Waals surface area contributed by atoms with Gasteiger partial charge in [0.15, 0.2) is 0 Å². The molecule has 0 aliphatic heterocycles. The molecule has 1 unspecified atom stereocenters. The number of ether oxygens (including phenoxy) is 1. The van der Waals surface area contributed by atoms with E-state index in [1.54, 1.807) is 0 Å². The second-order valence-electron chi connectivity index (χ2n) is 3.86. The van der Waals surface area contributed by atoms with Crippen molar-refractivity contribution in [1.29, 1.82) is 0 Å². The van der Waals surface area contributed by atoms with E-state index in [9.17, 15) is 14.3 Å². The molecule has 4 heteroatoms. The largest absolute Gasteiger partial charge is 0.469 e. The van der Waals surface area contributed by atoms with E-state index < -0.39 is 12.8 Å². The average molecular weight is 204 g/mol. The monoisotopic (exact) mass is 204 g/mol. The number of carbonyl (C=O) groups is 1. The Morgan fingerprint density at radius 2 is 2.07 bits per heavy atom. The molecular weight excluding hydrogens is 187 g/mol. The zero-order chi connectivity index (χ0) is 10.6. The lowest BCUT2D eigenvalue weighted by Gasteiger charge is -2.28. The van der Waals surface area contributed by atoms with E-state index >= 15 is 0 Å². The second-order valence-corrected chi connectivity index (χ2v) is 3.86. The molecule has 1 rings (SSSR count). The van der Waals surface area contributed by atoms with Crippen molar-refractivity contribution >= 4 is 5.97 Å². The topological polar surface area (TPSA) is 46.5 Å². The summed E-state index contributed by atoms with van der Waals surface area (Å²) in [5.74, 6) is -0.220. The number of esters is 1. The highest BCUT2D eigenvalue weighted by Gasteiger charge is 2.30. The van der Waals surface area contributed by atoms with Gasteiger partial charge in [-0.1, -0.05) is 0 Å². The Bertz CT molecular complexity index is 188. The molecule has 0 aromatic carbocycles. The van der Waals surface area contributed by atoms with Gasteiger partial charge >= 0.3 is 5.97 Å². The molecule has 14 heavy (non-hydrogen) atoms. The summed E-state index contributed by atoms with van der Waals surface area (Å²) in [6.07, 6.45) is 1.98. The highest BCUT2D eigenvalue weighted by molar-refractivity contribution is 5.72. The smallest absolute Gasteiger partial charge is 0.308 e. The lowest BCUT2D eigenvalue weighted by molar-refractivity contribution is -0.147. The summed E-state index contributed by atoms with van der Waals surface area (Å²) in [6, 6.07) is 0. The van der Waals surface area contributed by atoms with Crippen LogP contribution in [0.4, 0.5) is 4.39 Å². The van der Waals surface area contributed by atoms with Gasteiger partial charge in [-0.2, -0.15) is 0 Å². The first-order valence-corrected chi connectivity index (χ1v) is 5.01. The second kappa shape index (κ2) is 5.29. The van der Waals surface area contributed by atoms with Gasteiger partial charge in [0.2, 0.25) is 0 Å². The zero-order valence-corrected chi connectivity index (χ0v) is 8.41. The first kappa shape index (κ1) is 11.4. The van der Waals surface area contributed by atoms with Gasteiger partial charge in [0.25, 0.3) is 0 Å². The van der Waals surface area contributed by atoms with Gasteiger partial charge in [-0.25, -0.2) is 4.39 Å². The van der Waals surface area contributed by atoms with Crippen molar-refractivity contribution in [2.45, 2.75) is 31.8 Å². The minimum atomic E-state index is -0.853. The molecule has 0 aromatic heterocycles. The molecule has 1 saturated carbocycles. The highest BCUT2D eigenvalue weighted by atomic mass is 19.1. The van der Waals surface area contributed by atoms with Crippen molar-refractivity contribution in [3.8, 4) is 0 Å². The maximum Gasteiger partial charge on any atom is 0.308 e. The van der Waals surface area contributed by atoms with E-state index in [4.69, 9.17) is 0 Å². The van der Waals surface area contributed by atoms with Crippen LogP contribution in [-0.4, -0.2) is 31.0 Å². The Kier molecular flexibility index (Phi) is 4.32. The number of methoxy groups -OCH3 is 1. The molecule has 1 aliphatic carbocycles. The van der Waals surface area contributed by atoms with E-state index in [1.165, 1.54) is 7.11 Å². The van der Waals surface area contributed by atoms with Crippen LogP contribution >= 0.6 is 0 Å². The van der Waals surface area contributed by atoms with Crippen molar-refractivity contribution in [2.24, 2.45) is 11.8 Å². The zero-order valence-electron chi connectivity index (χ0n) is 8.41. The minimum Gasteiger partial charge on any atom is -0.469 e. The van der Waals surface area contributed by atoms with E-state index in [0.29, 0.717) is 25.7 Å². The summed E-state index contributed by atoms with van der Waals surface area (Å²) in [5.41, 5.74) is 0. The maximum atomic E-state index is 12.2. The third-order valence-electron chi connectivity index (χ3n) is 3.01. The van der Waals surface area contributed by atoms with Crippen molar-refractivity contribution in [3.63, 3.8) is 0 Å². The Morgan fingerprint density at radius 1 is 1.50 bits per heavy atom. The summed E-state index contributed by atoms with van der Waals surface area (Å²) in [4.78, 5) is 11.2. The van der Waals surface area contributed by atoms with Crippen LogP contribution in [0.1, 0.15) is 25.7 Å². The Balaban J connectivity index is 2.34. The Hall–Kier alpha value is -0.640. The van der Waals surface area contributed by atoms with Crippen molar-refractivity contribution in [2.75, 3.05) is 13.8 Å². The summed E-state index contributed by atoms with van der Waals surface area (Å²) >= 11 is 0. The Morgan fingerprint density at radius 3 is 2.50 bits per heavy atom. The van der Waals surface area contributed by atoms with Crippen molar-refractivity contribution in [3.05, 3.63) is 0 Å². The van der Waals surface area contributed by atoms with Gasteiger partial charge < -0.3 is 9.84 Å². The van der Waals surface area contributed by atoms with Gasteiger partial charge in [-0.15, -0.1) is 0 Å². The van der Waals surface area contributed by atoms with Crippen LogP contribution in [0.15, 0.2) is 0 Å². The molecule has 0 aromatic rings. The number of carbonyl (C=O) groups excluding carboxylic acids is 1. The van der Waals surface area contributed by atoms with E-state index in [2.05, 4.69) is 4.74 Å². The summed E-state index contributed by atoms with van der Waals surface area (Å²) in [6.45, 7) is -0.687. The molecule has 1 fully saturated rings. The summed E-state index contributed by atoms with van der Waals surface area (Å²) in [5, 5.41) is 9.27. The van der Waals surface area contributed by atoms with Crippen LogP contribution in [0.25, 0.3) is 0 Å². The van der Waals surface area contributed by atoms with E-state index in [0.717, 1.165) is 0 Å².